The van der Waals surface area contributed by atoms with Crippen molar-refractivity contribution < 1.29 is 8.42 Å². The summed E-state index contributed by atoms with van der Waals surface area (Å²) in [4.78, 5) is 0.288. The van der Waals surface area contributed by atoms with E-state index in [-0.39, 0.29) is 16.0 Å². The van der Waals surface area contributed by atoms with E-state index in [2.05, 4.69) is 5.10 Å². The van der Waals surface area contributed by atoms with Crippen LogP contribution in [0.15, 0.2) is 64.6 Å². The van der Waals surface area contributed by atoms with Gasteiger partial charge in [0, 0.05) is 12.7 Å². The maximum absolute atomic E-state index is 11.6. The molecule has 0 radical (unpaired) electrons. The number of hydrazone groups is 1. The van der Waals surface area contributed by atoms with Gasteiger partial charge in [-0.3, -0.25) is 0 Å². The van der Waals surface area contributed by atoms with Gasteiger partial charge in [-0.05, 0) is 35.5 Å². The molecule has 1 aliphatic heterocycles. The third-order valence-corrected chi connectivity index (χ3v) is 5.25. The third kappa shape index (κ3) is 3.32. The predicted molar refractivity (Wildman–Crippen MR) is 98.5 cm³/mol. The fourth-order valence-electron chi connectivity index (χ4n) is 2.72. The monoisotopic (exact) mass is 359 g/mol. The molecule has 2 aromatic carbocycles. The quantitative estimate of drug-likeness (QED) is 0.852. The molecule has 2 N–H and O–H groups in total. The smallest absolute Gasteiger partial charge is 0.187 e. The fourth-order valence-corrected chi connectivity index (χ4v) is 3.52. The predicted octanol–water partition coefficient (Wildman–Crippen LogP) is 2.48. The SMILES string of the molecule is CS(=O)(=O)c1ccc(C2=NN(C(N)=S)C(c3ccccc3)C2)cc1. The van der Waals surface area contributed by atoms with E-state index in [0.717, 1.165) is 16.8 Å². The molecule has 3 rings (SSSR count). The number of hydrogen-bond donors (Lipinski definition) is 1. The Morgan fingerprint density at radius 1 is 1.17 bits per heavy atom. The molecule has 0 bridgehead atoms. The summed E-state index contributed by atoms with van der Waals surface area (Å²) in [6.07, 6.45) is 1.84. The Morgan fingerprint density at radius 2 is 1.79 bits per heavy atom. The number of rotatable bonds is 3. The van der Waals surface area contributed by atoms with Crippen molar-refractivity contribution in [2.75, 3.05) is 6.26 Å². The largest absolute Gasteiger partial charge is 0.375 e. The second kappa shape index (κ2) is 6.33. The van der Waals surface area contributed by atoms with Gasteiger partial charge in [0.15, 0.2) is 14.9 Å². The van der Waals surface area contributed by atoms with Gasteiger partial charge in [-0.15, -0.1) is 0 Å². The van der Waals surface area contributed by atoms with Gasteiger partial charge in [0.2, 0.25) is 0 Å². The Kier molecular flexibility index (Phi) is 4.38. The van der Waals surface area contributed by atoms with E-state index in [1.807, 2.05) is 30.3 Å². The molecule has 0 saturated carbocycles. The van der Waals surface area contributed by atoms with Crippen LogP contribution in [0.3, 0.4) is 0 Å². The van der Waals surface area contributed by atoms with E-state index in [9.17, 15) is 8.42 Å². The summed E-state index contributed by atoms with van der Waals surface area (Å²) in [5, 5.41) is 6.40. The van der Waals surface area contributed by atoms with E-state index < -0.39 is 9.84 Å². The average molecular weight is 359 g/mol. The molecule has 0 spiro atoms. The molecule has 0 saturated heterocycles. The maximum atomic E-state index is 11.6. The van der Waals surface area contributed by atoms with Crippen LogP contribution in [0.5, 0.6) is 0 Å². The molecule has 1 heterocycles. The highest BCUT2D eigenvalue weighted by Crippen LogP contribution is 2.32. The topological polar surface area (TPSA) is 75.8 Å². The van der Waals surface area contributed by atoms with Crippen LogP contribution in [0, 0.1) is 0 Å². The first-order valence-corrected chi connectivity index (χ1v) is 9.68. The zero-order valence-electron chi connectivity index (χ0n) is 13.1. The molecule has 1 unspecified atom stereocenters. The lowest BCUT2D eigenvalue weighted by atomic mass is 9.99. The maximum Gasteiger partial charge on any atom is 0.187 e. The standard InChI is InChI=1S/C17H17N3O2S2/c1-24(21,22)14-9-7-12(8-10-14)15-11-16(20(19-15)17(18)23)13-5-3-2-4-6-13/h2-10,16H,11H2,1H3,(H2,18,23). The highest BCUT2D eigenvalue weighted by atomic mass is 32.2. The number of nitrogens with two attached hydrogens (primary N) is 1. The minimum absolute atomic E-state index is 0.0479. The van der Waals surface area contributed by atoms with Gasteiger partial charge in [-0.1, -0.05) is 42.5 Å². The lowest BCUT2D eigenvalue weighted by molar-refractivity contribution is 0.373. The summed E-state index contributed by atoms with van der Waals surface area (Å²) in [6, 6.07) is 16.6. The minimum Gasteiger partial charge on any atom is -0.375 e. The molecule has 0 fully saturated rings. The molecule has 0 amide bonds. The zero-order valence-corrected chi connectivity index (χ0v) is 14.7. The van der Waals surface area contributed by atoms with E-state index in [0.29, 0.717) is 6.42 Å². The van der Waals surface area contributed by atoms with Crippen molar-refractivity contribution in [3.63, 3.8) is 0 Å². The molecule has 124 valence electrons. The van der Waals surface area contributed by atoms with Gasteiger partial charge in [0.05, 0.1) is 16.6 Å². The molecular weight excluding hydrogens is 342 g/mol. The molecule has 2 aromatic rings. The van der Waals surface area contributed by atoms with Gasteiger partial charge in [0.25, 0.3) is 0 Å². The van der Waals surface area contributed by atoms with Gasteiger partial charge < -0.3 is 5.73 Å². The summed E-state index contributed by atoms with van der Waals surface area (Å²) in [7, 11) is -3.21. The molecule has 0 aliphatic carbocycles. The second-order valence-corrected chi connectivity index (χ2v) is 8.09. The Labute approximate surface area is 146 Å². The van der Waals surface area contributed by atoms with Crippen LogP contribution in [0.25, 0.3) is 0 Å². The number of benzene rings is 2. The van der Waals surface area contributed by atoms with Crippen LogP contribution in [0.1, 0.15) is 23.6 Å². The lowest BCUT2D eigenvalue weighted by Crippen LogP contribution is -2.31. The van der Waals surface area contributed by atoms with Crippen LogP contribution < -0.4 is 5.73 Å². The molecular formula is C17H17N3O2S2. The van der Waals surface area contributed by atoms with E-state index in [1.165, 1.54) is 6.26 Å². The van der Waals surface area contributed by atoms with Crippen molar-refractivity contribution in [2.24, 2.45) is 10.8 Å². The number of thiocarbonyl (C=S) groups is 1. The average Bonchev–Trinajstić information content (AvgIpc) is 3.00. The summed E-state index contributed by atoms with van der Waals surface area (Å²) in [5.74, 6) is 0. The highest BCUT2D eigenvalue weighted by Gasteiger charge is 2.30. The van der Waals surface area contributed by atoms with Gasteiger partial charge >= 0.3 is 0 Å². The van der Waals surface area contributed by atoms with Crippen molar-refractivity contribution >= 4 is 32.9 Å². The van der Waals surface area contributed by atoms with E-state index in [4.69, 9.17) is 18.0 Å². The first-order valence-electron chi connectivity index (χ1n) is 7.38. The Hall–Kier alpha value is -2.25. The summed E-state index contributed by atoms with van der Waals surface area (Å²) in [6.45, 7) is 0. The molecule has 5 nitrogen and oxygen atoms in total. The molecule has 1 aliphatic rings. The van der Waals surface area contributed by atoms with Gasteiger partial charge in [0.1, 0.15) is 0 Å². The van der Waals surface area contributed by atoms with E-state index >= 15 is 0 Å². The van der Waals surface area contributed by atoms with Crippen LogP contribution in [0.2, 0.25) is 0 Å². The molecule has 7 heteroatoms. The van der Waals surface area contributed by atoms with Crippen molar-refractivity contribution in [2.45, 2.75) is 17.4 Å². The number of sulfone groups is 1. The van der Waals surface area contributed by atoms with Crippen molar-refractivity contribution in [3.05, 3.63) is 65.7 Å². The first-order chi connectivity index (χ1) is 11.4. The minimum atomic E-state index is -3.21. The summed E-state index contributed by atoms with van der Waals surface area (Å²) in [5.41, 5.74) is 8.59. The van der Waals surface area contributed by atoms with Crippen molar-refractivity contribution in [1.29, 1.82) is 0 Å². The van der Waals surface area contributed by atoms with Crippen LogP contribution in [-0.2, 0) is 9.84 Å². The molecule has 0 aromatic heterocycles. The van der Waals surface area contributed by atoms with Crippen molar-refractivity contribution in [1.82, 2.24) is 5.01 Å². The number of nitrogens with zero attached hydrogens (tertiary/aromatic N) is 2. The van der Waals surface area contributed by atoms with Crippen LogP contribution in [0.4, 0.5) is 0 Å². The normalized spacial score (nSPS) is 17.6. The van der Waals surface area contributed by atoms with Crippen LogP contribution in [-0.4, -0.2) is 30.5 Å². The molecule has 1 atom stereocenters. The number of hydrogen-bond acceptors (Lipinski definition) is 4. The second-order valence-electron chi connectivity index (χ2n) is 5.66. The summed E-state index contributed by atoms with van der Waals surface area (Å²) < 4.78 is 23.1. The zero-order chi connectivity index (χ0) is 17.3. The Bertz CT molecular complexity index is 891. The molecule has 24 heavy (non-hydrogen) atoms. The van der Waals surface area contributed by atoms with Gasteiger partial charge in [-0.25, -0.2) is 13.4 Å². The fraction of sp³-hybridized carbons (Fsp3) is 0.176. The highest BCUT2D eigenvalue weighted by molar-refractivity contribution is 7.90. The van der Waals surface area contributed by atoms with E-state index in [1.54, 1.807) is 29.3 Å². The Morgan fingerprint density at radius 3 is 2.33 bits per heavy atom. The van der Waals surface area contributed by atoms with Crippen LogP contribution >= 0.6 is 12.2 Å². The lowest BCUT2D eigenvalue weighted by Gasteiger charge is -2.21. The van der Waals surface area contributed by atoms with Gasteiger partial charge in [-0.2, -0.15) is 5.10 Å². The first kappa shape index (κ1) is 16.6. The van der Waals surface area contributed by atoms with Crippen molar-refractivity contribution in [3.8, 4) is 0 Å². The third-order valence-electron chi connectivity index (χ3n) is 3.94. The Balaban J connectivity index is 1.92. The summed E-state index contributed by atoms with van der Waals surface area (Å²) >= 11 is 5.12.